The normalized spacial score (nSPS) is 46.5. The van der Waals surface area contributed by atoms with E-state index < -0.39 is 0 Å². The highest BCUT2D eigenvalue weighted by atomic mass is 35.5. The fraction of sp³-hybridized carbons (Fsp3) is 1.00. The molecule has 1 aliphatic carbocycles. The molecule has 0 spiro atoms. The van der Waals surface area contributed by atoms with Gasteiger partial charge in [0.2, 0.25) is 0 Å². The third-order valence-electron chi connectivity index (χ3n) is 3.52. The molecule has 0 bridgehead atoms. The Morgan fingerprint density at radius 1 is 1.58 bits per heavy atom. The zero-order valence-electron chi connectivity index (χ0n) is 7.68. The van der Waals surface area contributed by atoms with Gasteiger partial charge in [0.25, 0.3) is 0 Å². The van der Waals surface area contributed by atoms with Crippen molar-refractivity contribution in [3.8, 4) is 0 Å². The van der Waals surface area contributed by atoms with Crippen LogP contribution < -0.4 is 0 Å². The first kappa shape index (κ1) is 8.83. The largest absolute Gasteiger partial charge is 0.378 e. The molecule has 12 heavy (non-hydrogen) atoms. The van der Waals surface area contributed by atoms with Gasteiger partial charge in [-0.3, -0.25) is 0 Å². The van der Waals surface area contributed by atoms with Crippen LogP contribution in [-0.4, -0.2) is 18.6 Å². The van der Waals surface area contributed by atoms with Crippen LogP contribution in [0.5, 0.6) is 0 Å². The summed E-state index contributed by atoms with van der Waals surface area (Å²) < 4.78 is 5.62. The molecule has 0 aromatic carbocycles. The van der Waals surface area contributed by atoms with Crippen LogP contribution >= 0.6 is 11.6 Å². The molecule has 2 aliphatic rings. The lowest BCUT2D eigenvalue weighted by Gasteiger charge is -2.17. The molecule has 1 saturated heterocycles. The summed E-state index contributed by atoms with van der Waals surface area (Å²) in [5.74, 6) is 1.66. The van der Waals surface area contributed by atoms with Crippen LogP contribution in [0.25, 0.3) is 0 Å². The Balaban J connectivity index is 1.85. The topological polar surface area (TPSA) is 9.23 Å². The first-order valence-electron chi connectivity index (χ1n) is 4.94. The Hall–Kier alpha value is 0.250. The molecule has 0 N–H and O–H groups in total. The Morgan fingerprint density at radius 3 is 2.75 bits per heavy atom. The number of hydrogen-bond acceptors (Lipinski definition) is 1. The quantitative estimate of drug-likeness (QED) is 0.619. The van der Waals surface area contributed by atoms with Crippen molar-refractivity contribution in [3.63, 3.8) is 0 Å². The summed E-state index contributed by atoms with van der Waals surface area (Å²) in [5.41, 5.74) is 0.455. The SMILES string of the molecule is CC1CC1(CCl)CC1CCCO1. The van der Waals surface area contributed by atoms with E-state index in [9.17, 15) is 0 Å². The van der Waals surface area contributed by atoms with Gasteiger partial charge in [-0.05, 0) is 37.0 Å². The standard InChI is InChI=1S/C10H17ClO/c1-8-5-10(8,7-11)6-9-3-2-4-12-9/h8-9H,2-7H2,1H3. The molecule has 3 unspecified atom stereocenters. The van der Waals surface area contributed by atoms with Crippen LogP contribution in [0.15, 0.2) is 0 Å². The summed E-state index contributed by atoms with van der Waals surface area (Å²) in [6.07, 6.45) is 5.55. The lowest BCUT2D eigenvalue weighted by Crippen LogP contribution is -2.16. The third-order valence-corrected chi connectivity index (χ3v) is 4.05. The van der Waals surface area contributed by atoms with Crippen LogP contribution in [0.2, 0.25) is 0 Å². The minimum atomic E-state index is 0.455. The summed E-state index contributed by atoms with van der Waals surface area (Å²) in [6, 6.07) is 0. The Labute approximate surface area is 79.4 Å². The van der Waals surface area contributed by atoms with Crippen molar-refractivity contribution in [2.75, 3.05) is 12.5 Å². The first-order chi connectivity index (χ1) is 5.77. The number of halogens is 1. The highest BCUT2D eigenvalue weighted by molar-refractivity contribution is 6.18. The third kappa shape index (κ3) is 1.49. The molecule has 0 radical (unpaired) electrons. The lowest BCUT2D eigenvalue weighted by atomic mass is 9.97. The van der Waals surface area contributed by atoms with Crippen LogP contribution in [0.3, 0.4) is 0 Å². The van der Waals surface area contributed by atoms with Crippen molar-refractivity contribution in [2.24, 2.45) is 11.3 Å². The molecule has 1 nitrogen and oxygen atoms in total. The van der Waals surface area contributed by atoms with E-state index in [0.29, 0.717) is 11.5 Å². The molecule has 1 heterocycles. The van der Waals surface area contributed by atoms with E-state index in [4.69, 9.17) is 16.3 Å². The number of alkyl halides is 1. The minimum Gasteiger partial charge on any atom is -0.378 e. The smallest absolute Gasteiger partial charge is 0.0581 e. The lowest BCUT2D eigenvalue weighted by molar-refractivity contribution is 0.0866. The molecule has 0 aromatic heterocycles. The number of rotatable bonds is 3. The maximum Gasteiger partial charge on any atom is 0.0581 e. The maximum atomic E-state index is 5.97. The van der Waals surface area contributed by atoms with Gasteiger partial charge in [0.1, 0.15) is 0 Å². The maximum absolute atomic E-state index is 5.97. The van der Waals surface area contributed by atoms with Crippen molar-refractivity contribution in [1.82, 2.24) is 0 Å². The summed E-state index contributed by atoms with van der Waals surface area (Å²) in [7, 11) is 0. The average Bonchev–Trinajstić information content (AvgIpc) is 2.51. The fourth-order valence-electron chi connectivity index (χ4n) is 2.33. The predicted molar refractivity (Wildman–Crippen MR) is 50.5 cm³/mol. The molecule has 70 valence electrons. The molecule has 1 aliphatic heterocycles. The molecule has 2 heteroatoms. The second kappa shape index (κ2) is 3.19. The van der Waals surface area contributed by atoms with Crippen molar-refractivity contribution < 1.29 is 4.74 Å². The van der Waals surface area contributed by atoms with Gasteiger partial charge in [0.05, 0.1) is 6.10 Å². The van der Waals surface area contributed by atoms with Gasteiger partial charge in [-0.25, -0.2) is 0 Å². The Bertz CT molecular complexity index is 161. The molecular weight excluding hydrogens is 172 g/mol. The molecule has 2 rings (SSSR count). The highest BCUT2D eigenvalue weighted by Gasteiger charge is 2.51. The number of ether oxygens (including phenoxy) is 1. The monoisotopic (exact) mass is 188 g/mol. The number of hydrogen-bond donors (Lipinski definition) is 0. The second-order valence-corrected chi connectivity index (χ2v) is 4.71. The van der Waals surface area contributed by atoms with Gasteiger partial charge in [-0.2, -0.15) is 0 Å². The zero-order valence-corrected chi connectivity index (χ0v) is 8.44. The van der Waals surface area contributed by atoms with E-state index in [1.165, 1.54) is 25.7 Å². The van der Waals surface area contributed by atoms with E-state index in [-0.39, 0.29) is 0 Å². The predicted octanol–water partition coefficient (Wildman–Crippen LogP) is 2.82. The molecule has 0 amide bonds. The molecule has 1 saturated carbocycles. The fourth-order valence-corrected chi connectivity index (χ4v) is 2.82. The van der Waals surface area contributed by atoms with Crippen LogP contribution in [0.4, 0.5) is 0 Å². The van der Waals surface area contributed by atoms with Gasteiger partial charge < -0.3 is 4.74 Å². The van der Waals surface area contributed by atoms with Crippen molar-refractivity contribution in [3.05, 3.63) is 0 Å². The molecule has 2 fully saturated rings. The van der Waals surface area contributed by atoms with Crippen LogP contribution in [0, 0.1) is 11.3 Å². The van der Waals surface area contributed by atoms with E-state index in [2.05, 4.69) is 6.92 Å². The van der Waals surface area contributed by atoms with Gasteiger partial charge >= 0.3 is 0 Å². The minimum absolute atomic E-state index is 0.455. The van der Waals surface area contributed by atoms with Gasteiger partial charge in [0.15, 0.2) is 0 Å². The summed E-state index contributed by atoms with van der Waals surface area (Å²) in [5, 5.41) is 0. The van der Waals surface area contributed by atoms with Gasteiger partial charge in [-0.15, -0.1) is 11.6 Å². The van der Waals surface area contributed by atoms with E-state index in [0.717, 1.165) is 18.4 Å². The molecule has 0 aromatic rings. The molecular formula is C10H17ClO. The van der Waals surface area contributed by atoms with E-state index >= 15 is 0 Å². The average molecular weight is 189 g/mol. The summed E-state index contributed by atoms with van der Waals surface area (Å²) in [4.78, 5) is 0. The van der Waals surface area contributed by atoms with Gasteiger partial charge in [0, 0.05) is 12.5 Å². The van der Waals surface area contributed by atoms with Crippen LogP contribution in [-0.2, 0) is 4.74 Å². The van der Waals surface area contributed by atoms with Crippen LogP contribution in [0.1, 0.15) is 32.6 Å². The van der Waals surface area contributed by atoms with Crippen molar-refractivity contribution >= 4 is 11.6 Å². The molecule has 3 atom stereocenters. The Morgan fingerprint density at radius 2 is 2.33 bits per heavy atom. The highest BCUT2D eigenvalue weighted by Crippen LogP contribution is 2.57. The van der Waals surface area contributed by atoms with E-state index in [1.54, 1.807) is 0 Å². The second-order valence-electron chi connectivity index (χ2n) is 4.44. The summed E-state index contributed by atoms with van der Waals surface area (Å²) in [6.45, 7) is 3.27. The zero-order chi connectivity index (χ0) is 8.60. The first-order valence-corrected chi connectivity index (χ1v) is 5.48. The summed E-state index contributed by atoms with van der Waals surface area (Å²) >= 11 is 5.97. The van der Waals surface area contributed by atoms with E-state index in [1.807, 2.05) is 0 Å². The van der Waals surface area contributed by atoms with Crippen molar-refractivity contribution in [2.45, 2.75) is 38.7 Å². The Kier molecular flexibility index (Phi) is 2.35. The van der Waals surface area contributed by atoms with Gasteiger partial charge in [-0.1, -0.05) is 6.92 Å². The van der Waals surface area contributed by atoms with Crippen molar-refractivity contribution in [1.29, 1.82) is 0 Å².